The topological polar surface area (TPSA) is 34.1 Å². The minimum absolute atomic E-state index is 0.0824. The van der Waals surface area contributed by atoms with Crippen molar-refractivity contribution in [1.82, 2.24) is 4.98 Å². The lowest BCUT2D eigenvalue weighted by atomic mass is 9.95. The highest BCUT2D eigenvalue weighted by Crippen LogP contribution is 2.23. The molecule has 1 N–H and O–H groups in total. The van der Waals surface area contributed by atoms with Crippen molar-refractivity contribution >= 4 is 17.4 Å². The molecule has 0 amide bonds. The van der Waals surface area contributed by atoms with Crippen LogP contribution < -0.4 is 10.1 Å². The molecule has 1 heterocycles. The van der Waals surface area contributed by atoms with Gasteiger partial charge in [-0.25, -0.2) is 0 Å². The van der Waals surface area contributed by atoms with Gasteiger partial charge in [-0.2, -0.15) is 4.98 Å². The predicted octanol–water partition coefficient (Wildman–Crippen LogP) is 3.30. The van der Waals surface area contributed by atoms with Crippen molar-refractivity contribution in [3.05, 3.63) is 18.2 Å². The third kappa shape index (κ3) is 3.01. The summed E-state index contributed by atoms with van der Waals surface area (Å²) in [5.74, 6) is 1.99. The summed E-state index contributed by atoms with van der Waals surface area (Å²) in [6.45, 7) is 4.25. The lowest BCUT2D eigenvalue weighted by molar-refractivity contribution is 0.397. The summed E-state index contributed by atoms with van der Waals surface area (Å²) >= 11 is 6.03. The van der Waals surface area contributed by atoms with Crippen LogP contribution in [-0.4, -0.2) is 23.5 Å². The Labute approximate surface area is 102 Å². The SMILES string of the molecule is CCC(CC)(CCl)Nc1cccc(OC)n1. The number of pyridine rings is 1. The van der Waals surface area contributed by atoms with E-state index in [1.165, 1.54) is 0 Å². The second-order valence-electron chi connectivity index (χ2n) is 3.81. The maximum absolute atomic E-state index is 6.03. The van der Waals surface area contributed by atoms with Gasteiger partial charge in [-0.1, -0.05) is 19.9 Å². The van der Waals surface area contributed by atoms with Gasteiger partial charge in [0, 0.05) is 11.9 Å². The average molecular weight is 243 g/mol. The number of halogens is 1. The van der Waals surface area contributed by atoms with Crippen LogP contribution in [0.3, 0.4) is 0 Å². The molecule has 0 aliphatic rings. The second-order valence-corrected chi connectivity index (χ2v) is 4.08. The molecule has 0 atom stereocenters. The van der Waals surface area contributed by atoms with Crippen molar-refractivity contribution in [2.75, 3.05) is 18.3 Å². The van der Waals surface area contributed by atoms with Gasteiger partial charge in [0.1, 0.15) is 5.82 Å². The van der Waals surface area contributed by atoms with Crippen molar-refractivity contribution in [3.8, 4) is 5.88 Å². The monoisotopic (exact) mass is 242 g/mol. The molecule has 0 saturated carbocycles. The number of nitrogens with one attached hydrogen (secondary N) is 1. The van der Waals surface area contributed by atoms with Gasteiger partial charge in [-0.15, -0.1) is 11.6 Å². The molecule has 0 bridgehead atoms. The van der Waals surface area contributed by atoms with Gasteiger partial charge >= 0.3 is 0 Å². The molecule has 0 aliphatic carbocycles. The van der Waals surface area contributed by atoms with Crippen molar-refractivity contribution in [1.29, 1.82) is 0 Å². The smallest absolute Gasteiger partial charge is 0.214 e. The molecule has 1 rings (SSSR count). The molecule has 0 spiro atoms. The Morgan fingerprint density at radius 3 is 2.56 bits per heavy atom. The van der Waals surface area contributed by atoms with E-state index in [1.807, 2.05) is 18.2 Å². The van der Waals surface area contributed by atoms with E-state index >= 15 is 0 Å². The molecular formula is C12H19ClN2O. The molecule has 0 unspecified atom stereocenters. The molecule has 3 nitrogen and oxygen atoms in total. The number of hydrogen-bond donors (Lipinski definition) is 1. The summed E-state index contributed by atoms with van der Waals surface area (Å²) in [5.41, 5.74) is -0.0824. The van der Waals surface area contributed by atoms with Gasteiger partial charge in [0.05, 0.1) is 12.6 Å². The van der Waals surface area contributed by atoms with Crippen LogP contribution in [0.5, 0.6) is 5.88 Å². The van der Waals surface area contributed by atoms with Crippen molar-refractivity contribution < 1.29 is 4.74 Å². The molecule has 0 fully saturated rings. The van der Waals surface area contributed by atoms with Crippen LogP contribution in [0.4, 0.5) is 5.82 Å². The highest BCUT2D eigenvalue weighted by molar-refractivity contribution is 6.18. The number of rotatable bonds is 6. The molecule has 0 saturated heterocycles. The summed E-state index contributed by atoms with van der Waals surface area (Å²) in [6.07, 6.45) is 1.93. The zero-order valence-electron chi connectivity index (χ0n) is 10.1. The van der Waals surface area contributed by atoms with Crippen molar-refractivity contribution in [3.63, 3.8) is 0 Å². The van der Waals surface area contributed by atoms with E-state index in [1.54, 1.807) is 7.11 Å². The Kier molecular flexibility index (Phi) is 4.87. The number of nitrogens with zero attached hydrogens (tertiary/aromatic N) is 1. The number of hydrogen-bond acceptors (Lipinski definition) is 3. The van der Waals surface area contributed by atoms with Crippen LogP contribution in [0.25, 0.3) is 0 Å². The largest absolute Gasteiger partial charge is 0.481 e. The first-order chi connectivity index (χ1) is 7.69. The summed E-state index contributed by atoms with van der Waals surface area (Å²) in [4.78, 5) is 4.33. The van der Waals surface area contributed by atoms with Gasteiger partial charge in [0.2, 0.25) is 5.88 Å². The Balaban J connectivity index is 2.84. The first-order valence-electron chi connectivity index (χ1n) is 5.55. The zero-order valence-corrected chi connectivity index (χ0v) is 10.8. The summed E-state index contributed by atoms with van der Waals surface area (Å²) in [5, 5.41) is 3.39. The maximum Gasteiger partial charge on any atom is 0.214 e. The van der Waals surface area contributed by atoms with Gasteiger partial charge in [0.25, 0.3) is 0 Å². The quantitative estimate of drug-likeness (QED) is 0.778. The molecule has 0 aliphatic heterocycles. The van der Waals surface area contributed by atoms with Crippen LogP contribution in [0.2, 0.25) is 0 Å². The number of anilines is 1. The van der Waals surface area contributed by atoms with Crippen LogP contribution in [-0.2, 0) is 0 Å². The predicted molar refractivity (Wildman–Crippen MR) is 68.4 cm³/mol. The normalized spacial score (nSPS) is 11.2. The maximum atomic E-state index is 6.03. The molecular weight excluding hydrogens is 224 g/mol. The Hall–Kier alpha value is -0.960. The molecule has 90 valence electrons. The third-order valence-corrected chi connectivity index (χ3v) is 3.45. The minimum Gasteiger partial charge on any atom is -0.481 e. The van der Waals surface area contributed by atoms with E-state index in [0.29, 0.717) is 11.8 Å². The highest BCUT2D eigenvalue weighted by Gasteiger charge is 2.25. The third-order valence-electron chi connectivity index (χ3n) is 2.94. The van der Waals surface area contributed by atoms with Gasteiger partial charge in [-0.3, -0.25) is 0 Å². The van der Waals surface area contributed by atoms with E-state index in [0.717, 1.165) is 18.7 Å². The Morgan fingerprint density at radius 1 is 1.38 bits per heavy atom. The van der Waals surface area contributed by atoms with Crippen molar-refractivity contribution in [2.24, 2.45) is 0 Å². The van der Waals surface area contributed by atoms with E-state index in [9.17, 15) is 0 Å². The molecule has 0 radical (unpaired) electrons. The molecule has 16 heavy (non-hydrogen) atoms. The Morgan fingerprint density at radius 2 is 2.06 bits per heavy atom. The van der Waals surface area contributed by atoms with Gasteiger partial charge < -0.3 is 10.1 Å². The molecule has 4 heteroatoms. The lowest BCUT2D eigenvalue weighted by Crippen LogP contribution is -2.39. The fraction of sp³-hybridized carbons (Fsp3) is 0.583. The zero-order chi connectivity index (χ0) is 12.0. The van der Waals surface area contributed by atoms with E-state index in [2.05, 4.69) is 24.1 Å². The Bertz CT molecular complexity index is 318. The number of ether oxygens (including phenoxy) is 1. The first kappa shape index (κ1) is 13.1. The summed E-state index contributed by atoms with van der Waals surface area (Å²) < 4.78 is 5.09. The number of alkyl halides is 1. The number of methoxy groups -OCH3 is 1. The highest BCUT2D eigenvalue weighted by atomic mass is 35.5. The van der Waals surface area contributed by atoms with E-state index < -0.39 is 0 Å². The van der Waals surface area contributed by atoms with E-state index in [-0.39, 0.29) is 5.54 Å². The van der Waals surface area contributed by atoms with Crippen LogP contribution in [0.15, 0.2) is 18.2 Å². The summed E-state index contributed by atoms with van der Waals surface area (Å²) in [6, 6.07) is 5.67. The fourth-order valence-electron chi connectivity index (χ4n) is 1.52. The second kappa shape index (κ2) is 5.94. The minimum atomic E-state index is -0.0824. The van der Waals surface area contributed by atoms with Gasteiger partial charge in [0.15, 0.2) is 0 Å². The van der Waals surface area contributed by atoms with Crippen LogP contribution in [0.1, 0.15) is 26.7 Å². The average Bonchev–Trinajstić information content (AvgIpc) is 2.36. The lowest BCUT2D eigenvalue weighted by Gasteiger charge is -2.31. The van der Waals surface area contributed by atoms with Crippen LogP contribution in [0, 0.1) is 0 Å². The van der Waals surface area contributed by atoms with Gasteiger partial charge in [-0.05, 0) is 18.9 Å². The fourth-order valence-corrected chi connectivity index (χ4v) is 1.96. The van der Waals surface area contributed by atoms with E-state index in [4.69, 9.17) is 16.3 Å². The standard InChI is InChI=1S/C12H19ClN2O/c1-4-12(5-2,9-13)15-10-7-6-8-11(14-10)16-3/h6-8H,4-5,9H2,1-3H3,(H,14,15). The first-order valence-corrected chi connectivity index (χ1v) is 6.08. The summed E-state index contributed by atoms with van der Waals surface area (Å²) in [7, 11) is 1.61. The molecule has 0 aromatic carbocycles. The van der Waals surface area contributed by atoms with Crippen molar-refractivity contribution in [2.45, 2.75) is 32.2 Å². The molecule has 1 aromatic rings. The molecule has 1 aromatic heterocycles. The number of aromatic nitrogens is 1. The van der Waals surface area contributed by atoms with Crippen LogP contribution >= 0.6 is 11.6 Å².